The third-order valence-corrected chi connectivity index (χ3v) is 5.81. The zero-order chi connectivity index (χ0) is 24.2. The average molecular weight is 460 g/mol. The van der Waals surface area contributed by atoms with Crippen LogP contribution in [0.2, 0.25) is 0 Å². The van der Waals surface area contributed by atoms with Gasteiger partial charge >= 0.3 is 12.1 Å². The van der Waals surface area contributed by atoms with Crippen molar-refractivity contribution < 1.29 is 24.2 Å². The van der Waals surface area contributed by atoms with Gasteiger partial charge in [0.25, 0.3) is 5.91 Å². The summed E-state index contributed by atoms with van der Waals surface area (Å²) in [6.45, 7) is 3.58. The molecule has 1 aromatic heterocycles. The van der Waals surface area contributed by atoms with Crippen LogP contribution in [0.1, 0.15) is 41.4 Å². The summed E-state index contributed by atoms with van der Waals surface area (Å²) in [6, 6.07) is 18.1. The van der Waals surface area contributed by atoms with E-state index < -0.39 is 24.0 Å². The highest BCUT2D eigenvalue weighted by Gasteiger charge is 2.29. The second-order valence-electron chi connectivity index (χ2n) is 8.42. The minimum Gasteiger partial charge on any atom is -0.480 e. The van der Waals surface area contributed by atoms with E-state index in [9.17, 15) is 19.5 Å². The molecule has 2 aromatic carbocycles. The number of benzene rings is 2. The van der Waals surface area contributed by atoms with E-state index in [1.165, 1.54) is 18.3 Å². The normalized spacial score (nSPS) is 13.0. The number of pyridine rings is 1. The van der Waals surface area contributed by atoms with Crippen molar-refractivity contribution in [2.24, 2.45) is 5.92 Å². The third kappa shape index (κ3) is 4.76. The maximum absolute atomic E-state index is 12.4. The van der Waals surface area contributed by atoms with Crippen LogP contribution in [-0.4, -0.2) is 40.7 Å². The summed E-state index contributed by atoms with van der Waals surface area (Å²) in [5.41, 5.74) is 4.93. The van der Waals surface area contributed by atoms with Crippen molar-refractivity contribution in [1.29, 1.82) is 0 Å². The van der Waals surface area contributed by atoms with Crippen molar-refractivity contribution in [3.05, 3.63) is 83.7 Å². The highest BCUT2D eigenvalue weighted by atomic mass is 16.5. The van der Waals surface area contributed by atoms with Gasteiger partial charge in [0.05, 0.1) is 11.9 Å². The first-order valence-corrected chi connectivity index (χ1v) is 11.0. The SMILES string of the molecule is CC(C)[C@@H](NC(=O)c1ccc(NC(=O)OCC2c3ccccc3-c3ccccc32)cn1)C(=O)O. The molecule has 0 saturated carbocycles. The van der Waals surface area contributed by atoms with Crippen LogP contribution >= 0.6 is 0 Å². The summed E-state index contributed by atoms with van der Waals surface area (Å²) in [6.07, 6.45) is 0.688. The van der Waals surface area contributed by atoms with Crippen LogP contribution in [0, 0.1) is 5.92 Å². The third-order valence-electron chi connectivity index (χ3n) is 5.81. The number of fused-ring (bicyclic) bond motifs is 3. The molecule has 0 radical (unpaired) electrons. The zero-order valence-electron chi connectivity index (χ0n) is 18.8. The van der Waals surface area contributed by atoms with Gasteiger partial charge in [-0.3, -0.25) is 10.1 Å². The molecule has 0 saturated heterocycles. The molecular formula is C26H25N3O5. The molecule has 34 heavy (non-hydrogen) atoms. The van der Waals surface area contributed by atoms with Gasteiger partial charge in [0.2, 0.25) is 0 Å². The number of carbonyl (C=O) groups is 3. The number of hydrogen-bond acceptors (Lipinski definition) is 5. The number of amides is 2. The highest BCUT2D eigenvalue weighted by molar-refractivity contribution is 5.95. The fourth-order valence-electron chi connectivity index (χ4n) is 4.08. The number of ether oxygens (including phenoxy) is 1. The molecule has 0 fully saturated rings. The topological polar surface area (TPSA) is 118 Å². The molecule has 8 nitrogen and oxygen atoms in total. The first-order valence-electron chi connectivity index (χ1n) is 11.0. The van der Waals surface area contributed by atoms with Crippen molar-refractivity contribution in [3.63, 3.8) is 0 Å². The zero-order valence-corrected chi connectivity index (χ0v) is 18.8. The molecule has 0 bridgehead atoms. The summed E-state index contributed by atoms with van der Waals surface area (Å²) < 4.78 is 5.50. The van der Waals surface area contributed by atoms with Crippen LogP contribution in [0.15, 0.2) is 66.9 Å². The van der Waals surface area contributed by atoms with E-state index in [-0.39, 0.29) is 24.1 Å². The number of aliphatic carboxylic acids is 1. The van der Waals surface area contributed by atoms with Crippen molar-refractivity contribution >= 4 is 23.7 Å². The van der Waals surface area contributed by atoms with Crippen molar-refractivity contribution in [3.8, 4) is 11.1 Å². The lowest BCUT2D eigenvalue weighted by Gasteiger charge is -2.17. The maximum atomic E-state index is 12.4. The predicted molar refractivity (Wildman–Crippen MR) is 127 cm³/mol. The van der Waals surface area contributed by atoms with E-state index in [2.05, 4.69) is 27.8 Å². The summed E-state index contributed by atoms with van der Waals surface area (Å²) in [7, 11) is 0. The summed E-state index contributed by atoms with van der Waals surface area (Å²) in [5.74, 6) is -2.05. The van der Waals surface area contributed by atoms with E-state index in [4.69, 9.17) is 4.74 Å². The Labute approximate surface area is 197 Å². The van der Waals surface area contributed by atoms with E-state index in [0.29, 0.717) is 5.69 Å². The second-order valence-corrected chi connectivity index (χ2v) is 8.42. The van der Waals surface area contributed by atoms with Crippen molar-refractivity contribution in [1.82, 2.24) is 10.3 Å². The molecule has 0 aliphatic heterocycles. The molecule has 4 rings (SSSR count). The Hall–Kier alpha value is -4.20. The fraction of sp³-hybridized carbons (Fsp3) is 0.231. The summed E-state index contributed by atoms with van der Waals surface area (Å²) in [5, 5.41) is 14.3. The van der Waals surface area contributed by atoms with Gasteiger partial charge in [0, 0.05) is 5.92 Å². The minimum atomic E-state index is -1.11. The van der Waals surface area contributed by atoms with Gasteiger partial charge in [-0.2, -0.15) is 0 Å². The quantitative estimate of drug-likeness (QED) is 0.485. The largest absolute Gasteiger partial charge is 0.480 e. The number of carbonyl (C=O) groups excluding carboxylic acids is 2. The summed E-state index contributed by atoms with van der Waals surface area (Å²) in [4.78, 5) is 40.0. The van der Waals surface area contributed by atoms with Gasteiger partial charge in [-0.15, -0.1) is 0 Å². The number of nitrogens with one attached hydrogen (secondary N) is 2. The molecule has 174 valence electrons. The first kappa shape index (κ1) is 23.0. The van der Waals surface area contributed by atoms with E-state index in [1.54, 1.807) is 13.8 Å². The Kier molecular flexibility index (Phi) is 6.58. The van der Waals surface area contributed by atoms with Gasteiger partial charge in [0.15, 0.2) is 0 Å². The van der Waals surface area contributed by atoms with Crippen LogP contribution in [0.5, 0.6) is 0 Å². The van der Waals surface area contributed by atoms with Crippen LogP contribution in [-0.2, 0) is 9.53 Å². The Morgan fingerprint density at radius 2 is 1.59 bits per heavy atom. The smallest absolute Gasteiger partial charge is 0.411 e. The average Bonchev–Trinajstić information content (AvgIpc) is 3.15. The molecule has 1 aliphatic carbocycles. The van der Waals surface area contributed by atoms with E-state index in [0.717, 1.165) is 22.3 Å². The van der Waals surface area contributed by atoms with E-state index >= 15 is 0 Å². The standard InChI is InChI=1S/C26H25N3O5/c1-15(2)23(25(31)32)29-24(30)22-12-11-16(13-27-22)28-26(33)34-14-21-19-9-5-3-7-17(19)18-8-4-6-10-20(18)21/h3-13,15,21,23H,14H2,1-2H3,(H,28,33)(H,29,30)(H,31,32)/t23-/m1/s1. The highest BCUT2D eigenvalue weighted by Crippen LogP contribution is 2.44. The van der Waals surface area contributed by atoms with Crippen LogP contribution in [0.4, 0.5) is 10.5 Å². The van der Waals surface area contributed by atoms with Gasteiger partial charge in [-0.1, -0.05) is 62.4 Å². The number of aromatic nitrogens is 1. The maximum Gasteiger partial charge on any atom is 0.411 e. The van der Waals surface area contributed by atoms with Crippen LogP contribution in [0.3, 0.4) is 0 Å². The number of carboxylic acids is 1. The van der Waals surface area contributed by atoms with Crippen LogP contribution in [0.25, 0.3) is 11.1 Å². The lowest BCUT2D eigenvalue weighted by atomic mass is 9.98. The molecule has 0 spiro atoms. The molecule has 3 aromatic rings. The van der Waals surface area contributed by atoms with Gasteiger partial charge in [0.1, 0.15) is 18.3 Å². The second kappa shape index (κ2) is 9.74. The molecule has 1 aliphatic rings. The van der Waals surface area contributed by atoms with Crippen molar-refractivity contribution in [2.75, 3.05) is 11.9 Å². The van der Waals surface area contributed by atoms with Gasteiger partial charge in [-0.25, -0.2) is 14.6 Å². The minimum absolute atomic E-state index is 0.0463. The molecule has 0 unspecified atom stereocenters. The van der Waals surface area contributed by atoms with Gasteiger partial charge < -0.3 is 15.2 Å². The first-order chi connectivity index (χ1) is 16.3. The monoisotopic (exact) mass is 459 g/mol. The summed E-state index contributed by atoms with van der Waals surface area (Å²) >= 11 is 0. The predicted octanol–water partition coefficient (Wildman–Crippen LogP) is 4.28. The molecular weight excluding hydrogens is 434 g/mol. The van der Waals surface area contributed by atoms with E-state index in [1.807, 2.05) is 36.4 Å². The Morgan fingerprint density at radius 1 is 0.971 bits per heavy atom. The van der Waals surface area contributed by atoms with Gasteiger partial charge in [-0.05, 0) is 40.3 Å². The molecule has 8 heteroatoms. The Bertz CT molecular complexity index is 1180. The van der Waals surface area contributed by atoms with Crippen LogP contribution < -0.4 is 10.6 Å². The fourth-order valence-corrected chi connectivity index (χ4v) is 4.08. The molecule has 3 N–H and O–H groups in total. The lowest BCUT2D eigenvalue weighted by Crippen LogP contribution is -2.44. The number of rotatable bonds is 7. The number of anilines is 1. The molecule has 1 heterocycles. The molecule has 2 amide bonds. The molecule has 1 atom stereocenters. The number of nitrogens with zero attached hydrogens (tertiary/aromatic N) is 1. The number of carboxylic acid groups (broad SMARTS) is 1. The lowest BCUT2D eigenvalue weighted by molar-refractivity contribution is -0.140. The van der Waals surface area contributed by atoms with Crippen molar-refractivity contribution in [2.45, 2.75) is 25.8 Å². The Morgan fingerprint density at radius 3 is 2.12 bits per heavy atom. The Balaban J connectivity index is 1.36. The number of hydrogen-bond donors (Lipinski definition) is 3.